The molecule has 2 amide bonds. The molecule has 5 rings (SSSR count). The van der Waals surface area contributed by atoms with Crippen LogP contribution in [0.1, 0.15) is 50.7 Å². The molecule has 0 aliphatic carbocycles. The minimum Gasteiger partial charge on any atom is -0.444 e. The maximum atomic E-state index is 13.3. The van der Waals surface area contributed by atoms with Crippen molar-refractivity contribution in [2.45, 2.75) is 63.3 Å². The molecule has 0 radical (unpaired) electrons. The average Bonchev–Trinajstić information content (AvgIpc) is 3.43. The number of amides is 2. The first kappa shape index (κ1) is 25.7. The van der Waals surface area contributed by atoms with Gasteiger partial charge in [-0.3, -0.25) is 9.69 Å². The van der Waals surface area contributed by atoms with Crippen molar-refractivity contribution < 1.29 is 19.1 Å². The van der Waals surface area contributed by atoms with Crippen LogP contribution < -0.4 is 0 Å². The van der Waals surface area contributed by atoms with Crippen LogP contribution >= 0.6 is 0 Å². The van der Waals surface area contributed by atoms with Gasteiger partial charge in [0.25, 0.3) is 5.91 Å². The first-order valence-corrected chi connectivity index (χ1v) is 13.5. The van der Waals surface area contributed by atoms with Crippen molar-refractivity contribution in [1.82, 2.24) is 14.7 Å². The van der Waals surface area contributed by atoms with Crippen LogP contribution in [0.5, 0.6) is 0 Å². The van der Waals surface area contributed by atoms with E-state index in [0.717, 1.165) is 19.4 Å². The Balaban J connectivity index is 1.47. The van der Waals surface area contributed by atoms with E-state index in [1.54, 1.807) is 0 Å². The molecule has 0 spiro atoms. The molecule has 3 fully saturated rings. The van der Waals surface area contributed by atoms with E-state index in [0.29, 0.717) is 32.8 Å². The van der Waals surface area contributed by atoms with Gasteiger partial charge in [-0.25, -0.2) is 4.79 Å². The summed E-state index contributed by atoms with van der Waals surface area (Å²) in [5, 5.41) is 0. The first-order chi connectivity index (χ1) is 17.8. The van der Waals surface area contributed by atoms with Crippen molar-refractivity contribution in [3.05, 3.63) is 71.8 Å². The molecule has 3 aliphatic rings. The van der Waals surface area contributed by atoms with Crippen LogP contribution in [0.4, 0.5) is 4.79 Å². The number of piperazine rings is 2. The second-order valence-electron chi connectivity index (χ2n) is 11.4. The van der Waals surface area contributed by atoms with Gasteiger partial charge in [-0.1, -0.05) is 60.7 Å². The Morgan fingerprint density at radius 1 is 0.892 bits per heavy atom. The average molecular weight is 506 g/mol. The zero-order valence-corrected chi connectivity index (χ0v) is 22.2. The van der Waals surface area contributed by atoms with Crippen LogP contribution in [-0.4, -0.2) is 89.8 Å². The number of hydrogen-bond donors (Lipinski definition) is 0. The van der Waals surface area contributed by atoms with Crippen LogP contribution in [0.2, 0.25) is 0 Å². The minimum absolute atomic E-state index is 0.0281. The van der Waals surface area contributed by atoms with Gasteiger partial charge in [0, 0.05) is 57.3 Å². The Hall–Kier alpha value is -2.90. The number of fused-ring (bicyclic) bond motifs is 1. The number of hydrogen-bond acceptors (Lipinski definition) is 5. The number of ether oxygens (including phenoxy) is 2. The quantitative estimate of drug-likeness (QED) is 0.625. The summed E-state index contributed by atoms with van der Waals surface area (Å²) in [5.41, 5.74) is 1.87. The molecule has 7 nitrogen and oxygen atoms in total. The lowest BCUT2D eigenvalue weighted by molar-refractivity contribution is -0.146. The summed E-state index contributed by atoms with van der Waals surface area (Å²) in [5.74, 6) is 0.168. The van der Waals surface area contributed by atoms with Gasteiger partial charge >= 0.3 is 6.09 Å². The van der Waals surface area contributed by atoms with Crippen molar-refractivity contribution in [3.8, 4) is 0 Å². The van der Waals surface area contributed by atoms with E-state index < -0.39 is 5.60 Å². The summed E-state index contributed by atoms with van der Waals surface area (Å²) in [4.78, 5) is 32.9. The van der Waals surface area contributed by atoms with Gasteiger partial charge < -0.3 is 19.3 Å². The Morgan fingerprint density at radius 2 is 1.51 bits per heavy atom. The molecular weight excluding hydrogens is 466 g/mol. The van der Waals surface area contributed by atoms with Crippen LogP contribution in [0, 0.1) is 0 Å². The summed E-state index contributed by atoms with van der Waals surface area (Å²) in [6.45, 7) is 9.50. The third-order valence-electron chi connectivity index (χ3n) is 7.66. The van der Waals surface area contributed by atoms with Gasteiger partial charge in [0.05, 0.1) is 0 Å². The highest BCUT2D eigenvalue weighted by atomic mass is 16.6. The van der Waals surface area contributed by atoms with E-state index in [4.69, 9.17) is 9.47 Å². The maximum Gasteiger partial charge on any atom is 0.410 e. The predicted octanol–water partition coefficient (Wildman–Crippen LogP) is 4.13. The molecule has 0 N–H and O–H groups in total. The summed E-state index contributed by atoms with van der Waals surface area (Å²) in [7, 11) is 0. The van der Waals surface area contributed by atoms with E-state index in [9.17, 15) is 9.59 Å². The largest absolute Gasteiger partial charge is 0.444 e. The van der Waals surface area contributed by atoms with Gasteiger partial charge in [0.15, 0.2) is 0 Å². The molecule has 0 saturated carbocycles. The molecule has 3 heterocycles. The lowest BCUT2D eigenvalue weighted by Crippen LogP contribution is -2.68. The highest BCUT2D eigenvalue weighted by molar-refractivity contribution is 5.81. The van der Waals surface area contributed by atoms with Crippen LogP contribution in [-0.2, 0) is 14.3 Å². The molecule has 7 heteroatoms. The lowest BCUT2D eigenvalue weighted by atomic mass is 9.81. The van der Waals surface area contributed by atoms with Gasteiger partial charge in [0.1, 0.15) is 11.7 Å². The summed E-state index contributed by atoms with van der Waals surface area (Å²) in [6.07, 6.45) is 1.11. The monoisotopic (exact) mass is 505 g/mol. The van der Waals surface area contributed by atoms with Gasteiger partial charge in [-0.05, 0) is 44.7 Å². The maximum absolute atomic E-state index is 13.3. The third kappa shape index (κ3) is 5.83. The van der Waals surface area contributed by atoms with Gasteiger partial charge in [-0.15, -0.1) is 0 Å². The summed E-state index contributed by atoms with van der Waals surface area (Å²) < 4.78 is 11.5. The molecule has 3 aliphatic heterocycles. The van der Waals surface area contributed by atoms with E-state index in [1.807, 2.05) is 42.7 Å². The Labute approximate surface area is 220 Å². The van der Waals surface area contributed by atoms with E-state index in [-0.39, 0.29) is 36.1 Å². The SMILES string of the molecule is CC(C)(C)OC(=O)N1C[C@@H]2CN(C(=O)[C@H]3CCCO3)CCN2[C@H](C(c2ccccc2)c2ccccc2)C1. The molecule has 3 atom stereocenters. The first-order valence-electron chi connectivity index (χ1n) is 13.5. The Morgan fingerprint density at radius 3 is 2.08 bits per heavy atom. The molecule has 0 aromatic heterocycles. The number of rotatable bonds is 4. The van der Waals surface area contributed by atoms with Crippen molar-refractivity contribution in [1.29, 1.82) is 0 Å². The van der Waals surface area contributed by atoms with Crippen molar-refractivity contribution in [3.63, 3.8) is 0 Å². The summed E-state index contributed by atoms with van der Waals surface area (Å²) >= 11 is 0. The predicted molar refractivity (Wildman–Crippen MR) is 142 cm³/mol. The zero-order chi connectivity index (χ0) is 26.0. The standard InChI is InChI=1S/C30H39N3O4/c1-30(2,3)37-29(35)32-20-24-19-31(28(34)26-15-10-18-36-26)16-17-33(24)25(21-32)27(22-11-6-4-7-12-22)23-13-8-5-9-14-23/h4-9,11-14,24-27H,10,15-21H2,1-3H3/t24-,25-,26+/m0/s1. The van der Waals surface area contributed by atoms with E-state index in [2.05, 4.69) is 53.4 Å². The van der Waals surface area contributed by atoms with Gasteiger partial charge in [-0.2, -0.15) is 0 Å². The molecule has 2 aromatic carbocycles. The minimum atomic E-state index is -0.573. The Kier molecular flexibility index (Phi) is 7.54. The number of carbonyl (C=O) groups is 2. The molecule has 37 heavy (non-hydrogen) atoms. The third-order valence-corrected chi connectivity index (χ3v) is 7.66. The number of benzene rings is 2. The topological polar surface area (TPSA) is 62.3 Å². The smallest absolute Gasteiger partial charge is 0.410 e. The van der Waals surface area contributed by atoms with E-state index >= 15 is 0 Å². The molecule has 198 valence electrons. The lowest BCUT2D eigenvalue weighted by Gasteiger charge is -2.53. The highest BCUT2D eigenvalue weighted by Crippen LogP contribution is 2.36. The number of nitrogens with zero attached hydrogens (tertiary/aromatic N) is 3. The summed E-state index contributed by atoms with van der Waals surface area (Å²) in [6, 6.07) is 21.2. The molecule has 0 bridgehead atoms. The molecule has 0 unspecified atom stereocenters. The number of carbonyl (C=O) groups excluding carboxylic acids is 2. The van der Waals surface area contributed by atoms with E-state index in [1.165, 1.54) is 11.1 Å². The van der Waals surface area contributed by atoms with Crippen molar-refractivity contribution in [2.75, 3.05) is 39.3 Å². The second kappa shape index (κ2) is 10.8. The van der Waals surface area contributed by atoms with Gasteiger partial charge in [0.2, 0.25) is 0 Å². The molecular formula is C30H39N3O4. The fourth-order valence-corrected chi connectivity index (χ4v) is 6.03. The van der Waals surface area contributed by atoms with Crippen molar-refractivity contribution in [2.24, 2.45) is 0 Å². The normalized spacial score (nSPS) is 24.7. The second-order valence-corrected chi connectivity index (χ2v) is 11.4. The fourth-order valence-electron chi connectivity index (χ4n) is 6.03. The van der Waals surface area contributed by atoms with Crippen molar-refractivity contribution >= 4 is 12.0 Å². The van der Waals surface area contributed by atoms with Crippen LogP contribution in [0.25, 0.3) is 0 Å². The Bertz CT molecular complexity index is 1030. The zero-order valence-electron chi connectivity index (χ0n) is 22.2. The van der Waals surface area contributed by atoms with Crippen LogP contribution in [0.15, 0.2) is 60.7 Å². The molecule has 3 saturated heterocycles. The molecule has 2 aromatic rings. The fraction of sp³-hybridized carbons (Fsp3) is 0.533. The highest BCUT2D eigenvalue weighted by Gasteiger charge is 2.45. The van der Waals surface area contributed by atoms with Crippen LogP contribution in [0.3, 0.4) is 0 Å².